The third kappa shape index (κ3) is 4.50. The highest BCUT2D eigenvalue weighted by Gasteiger charge is 2.21. The summed E-state index contributed by atoms with van der Waals surface area (Å²) in [5, 5.41) is 0.597. The summed E-state index contributed by atoms with van der Waals surface area (Å²) in [6.45, 7) is 10.1. The molecule has 1 aromatic carbocycles. The molecule has 0 amide bonds. The number of methoxy groups -OCH3 is 2. The van der Waals surface area contributed by atoms with Crippen molar-refractivity contribution in [3.05, 3.63) is 50.4 Å². The van der Waals surface area contributed by atoms with E-state index in [9.17, 15) is 9.59 Å². The molecule has 0 spiro atoms. The van der Waals surface area contributed by atoms with E-state index in [1.807, 2.05) is 13.8 Å². The molecule has 0 N–H and O–H groups in total. The summed E-state index contributed by atoms with van der Waals surface area (Å²) < 4.78 is 12.1. The molecule has 31 heavy (non-hydrogen) atoms. The molecule has 0 saturated heterocycles. The molecule has 7 nitrogen and oxygen atoms in total. The summed E-state index contributed by atoms with van der Waals surface area (Å²) in [5.41, 5.74) is 1.16. The smallest absolute Gasteiger partial charge is 0.263 e. The SMILES string of the molecule is CCN(CC)Cc1nc2sc(C)c(C)c2c(=O)n1CC(=O)c1ccc(OC)cc1OC. The summed E-state index contributed by atoms with van der Waals surface area (Å²) in [7, 11) is 3.07. The number of nitrogens with zero attached hydrogens (tertiary/aromatic N) is 3. The molecule has 3 aromatic rings. The number of aromatic nitrogens is 2. The molecule has 2 heterocycles. The van der Waals surface area contributed by atoms with Crippen molar-refractivity contribution in [1.82, 2.24) is 14.5 Å². The highest BCUT2D eigenvalue weighted by atomic mass is 32.1. The molecule has 0 atom stereocenters. The van der Waals surface area contributed by atoms with Crippen LogP contribution in [0.25, 0.3) is 10.2 Å². The summed E-state index contributed by atoms with van der Waals surface area (Å²) >= 11 is 1.52. The number of ketones is 1. The van der Waals surface area contributed by atoms with Gasteiger partial charge < -0.3 is 9.47 Å². The molecule has 166 valence electrons. The minimum absolute atomic E-state index is 0.102. The number of carbonyl (C=O) groups excluding carboxylic acids is 1. The first kappa shape index (κ1) is 23.0. The molecule has 0 bridgehead atoms. The van der Waals surface area contributed by atoms with Gasteiger partial charge in [-0.05, 0) is 44.6 Å². The van der Waals surface area contributed by atoms with Gasteiger partial charge >= 0.3 is 0 Å². The van der Waals surface area contributed by atoms with E-state index >= 15 is 0 Å². The fourth-order valence-corrected chi connectivity index (χ4v) is 4.60. The van der Waals surface area contributed by atoms with E-state index in [4.69, 9.17) is 14.5 Å². The molecule has 0 aliphatic carbocycles. The number of hydrogen-bond acceptors (Lipinski definition) is 7. The Labute approximate surface area is 186 Å². The largest absolute Gasteiger partial charge is 0.497 e. The van der Waals surface area contributed by atoms with Gasteiger partial charge in [0.15, 0.2) is 5.78 Å². The predicted molar refractivity (Wildman–Crippen MR) is 124 cm³/mol. The van der Waals surface area contributed by atoms with Crippen molar-refractivity contribution in [3.8, 4) is 11.5 Å². The Morgan fingerprint density at radius 2 is 1.87 bits per heavy atom. The molecular weight excluding hydrogens is 414 g/mol. The molecule has 0 aliphatic heterocycles. The van der Waals surface area contributed by atoms with Crippen LogP contribution in [0.2, 0.25) is 0 Å². The number of ether oxygens (including phenoxy) is 2. The standard InChI is InChI=1S/C23H29N3O4S/c1-7-25(8-2)13-20-24-22-21(14(3)15(4)31-22)23(28)26(20)12-18(27)17-10-9-16(29-5)11-19(17)30-6/h9-11H,7-8,12-13H2,1-6H3. The lowest BCUT2D eigenvalue weighted by Crippen LogP contribution is -2.33. The summed E-state index contributed by atoms with van der Waals surface area (Å²) in [6.07, 6.45) is 0. The van der Waals surface area contributed by atoms with Crippen LogP contribution in [0.5, 0.6) is 11.5 Å². The third-order valence-electron chi connectivity index (χ3n) is 5.64. The van der Waals surface area contributed by atoms with Gasteiger partial charge in [0, 0.05) is 10.9 Å². The summed E-state index contributed by atoms with van der Waals surface area (Å²) in [5.74, 6) is 1.40. The van der Waals surface area contributed by atoms with E-state index in [-0.39, 0.29) is 17.9 Å². The lowest BCUT2D eigenvalue weighted by molar-refractivity contribution is 0.0965. The maximum Gasteiger partial charge on any atom is 0.263 e. The normalized spacial score (nSPS) is 11.3. The van der Waals surface area contributed by atoms with E-state index in [2.05, 4.69) is 18.7 Å². The average molecular weight is 444 g/mol. The van der Waals surface area contributed by atoms with E-state index in [1.165, 1.54) is 23.0 Å². The van der Waals surface area contributed by atoms with Crippen LogP contribution in [-0.2, 0) is 13.1 Å². The highest BCUT2D eigenvalue weighted by molar-refractivity contribution is 7.18. The number of fused-ring (bicyclic) bond motifs is 1. The molecule has 8 heteroatoms. The number of rotatable bonds is 9. The number of carbonyl (C=O) groups is 1. The number of Topliss-reactive ketones (excluding diaryl/α,β-unsaturated/α-hetero) is 1. The molecular formula is C23H29N3O4S. The van der Waals surface area contributed by atoms with Crippen LogP contribution in [0.15, 0.2) is 23.0 Å². The lowest BCUT2D eigenvalue weighted by atomic mass is 10.1. The van der Waals surface area contributed by atoms with Gasteiger partial charge in [-0.2, -0.15) is 0 Å². The second-order valence-corrected chi connectivity index (χ2v) is 8.54. The van der Waals surface area contributed by atoms with E-state index in [0.29, 0.717) is 34.8 Å². The van der Waals surface area contributed by atoms with Crippen LogP contribution in [0.1, 0.15) is 40.5 Å². The zero-order valence-corrected chi connectivity index (χ0v) is 19.8. The van der Waals surface area contributed by atoms with Crippen LogP contribution in [0, 0.1) is 13.8 Å². The van der Waals surface area contributed by atoms with Crippen LogP contribution >= 0.6 is 11.3 Å². The van der Waals surface area contributed by atoms with E-state index in [0.717, 1.165) is 28.4 Å². The lowest BCUT2D eigenvalue weighted by Gasteiger charge is -2.20. The minimum Gasteiger partial charge on any atom is -0.497 e. The first-order valence-corrected chi connectivity index (χ1v) is 11.1. The zero-order valence-electron chi connectivity index (χ0n) is 18.9. The van der Waals surface area contributed by atoms with Crippen molar-refractivity contribution in [2.24, 2.45) is 0 Å². The van der Waals surface area contributed by atoms with Crippen LogP contribution < -0.4 is 15.0 Å². The first-order valence-electron chi connectivity index (χ1n) is 10.3. The maximum atomic E-state index is 13.5. The Hall–Kier alpha value is -2.71. The van der Waals surface area contributed by atoms with Crippen LogP contribution in [-0.4, -0.2) is 47.5 Å². The van der Waals surface area contributed by atoms with Gasteiger partial charge in [-0.15, -0.1) is 11.3 Å². The Balaban J connectivity index is 2.11. The van der Waals surface area contributed by atoms with Crippen molar-refractivity contribution in [2.45, 2.75) is 40.8 Å². The Bertz CT molecular complexity index is 1160. The fourth-order valence-electron chi connectivity index (χ4n) is 3.56. The first-order chi connectivity index (χ1) is 14.8. The highest BCUT2D eigenvalue weighted by Crippen LogP contribution is 2.28. The topological polar surface area (TPSA) is 73.7 Å². The van der Waals surface area contributed by atoms with Gasteiger partial charge in [-0.25, -0.2) is 4.98 Å². The second kappa shape index (κ2) is 9.62. The number of hydrogen-bond donors (Lipinski definition) is 0. The number of aryl methyl sites for hydroxylation is 2. The quantitative estimate of drug-likeness (QED) is 0.468. The van der Waals surface area contributed by atoms with Gasteiger partial charge in [-0.3, -0.25) is 19.1 Å². The maximum absolute atomic E-state index is 13.5. The summed E-state index contributed by atoms with van der Waals surface area (Å²) in [4.78, 5) is 35.5. The molecule has 0 fully saturated rings. The van der Waals surface area contributed by atoms with Gasteiger partial charge in [-0.1, -0.05) is 13.8 Å². The van der Waals surface area contributed by atoms with Gasteiger partial charge in [0.05, 0.1) is 38.3 Å². The van der Waals surface area contributed by atoms with E-state index in [1.54, 1.807) is 25.3 Å². The van der Waals surface area contributed by atoms with Crippen molar-refractivity contribution < 1.29 is 14.3 Å². The Morgan fingerprint density at radius 1 is 1.16 bits per heavy atom. The van der Waals surface area contributed by atoms with Crippen molar-refractivity contribution in [1.29, 1.82) is 0 Å². The molecule has 0 radical (unpaired) electrons. The van der Waals surface area contributed by atoms with Gasteiger partial charge in [0.25, 0.3) is 5.56 Å². The second-order valence-electron chi connectivity index (χ2n) is 7.33. The number of thiophene rings is 1. The molecule has 0 saturated carbocycles. The predicted octanol–water partition coefficient (Wildman–Crippen LogP) is 3.82. The molecule has 0 aliphatic rings. The van der Waals surface area contributed by atoms with Crippen molar-refractivity contribution in [3.63, 3.8) is 0 Å². The van der Waals surface area contributed by atoms with Gasteiger partial charge in [0.2, 0.25) is 0 Å². The Morgan fingerprint density at radius 3 is 2.48 bits per heavy atom. The van der Waals surface area contributed by atoms with Crippen LogP contribution in [0.4, 0.5) is 0 Å². The Kier molecular flexibility index (Phi) is 7.12. The minimum atomic E-state index is -0.215. The zero-order chi connectivity index (χ0) is 22.7. The molecule has 2 aromatic heterocycles. The average Bonchev–Trinajstić information content (AvgIpc) is 3.06. The summed E-state index contributed by atoms with van der Waals surface area (Å²) in [6, 6.07) is 5.05. The van der Waals surface area contributed by atoms with Crippen molar-refractivity contribution >= 4 is 27.3 Å². The van der Waals surface area contributed by atoms with Crippen LogP contribution in [0.3, 0.4) is 0 Å². The monoisotopic (exact) mass is 443 g/mol. The number of benzene rings is 1. The molecule has 0 unspecified atom stereocenters. The third-order valence-corrected chi connectivity index (χ3v) is 6.74. The van der Waals surface area contributed by atoms with E-state index < -0.39 is 0 Å². The van der Waals surface area contributed by atoms with Crippen molar-refractivity contribution in [2.75, 3.05) is 27.3 Å². The van der Waals surface area contributed by atoms with Gasteiger partial charge in [0.1, 0.15) is 22.2 Å². The fraction of sp³-hybridized carbons (Fsp3) is 0.435. The molecule has 3 rings (SSSR count).